The van der Waals surface area contributed by atoms with Crippen molar-refractivity contribution >= 4 is 17.7 Å². The third-order valence-corrected chi connectivity index (χ3v) is 7.53. The second kappa shape index (κ2) is 12.7. The van der Waals surface area contributed by atoms with Crippen LogP contribution >= 0.6 is 11.8 Å². The molecule has 0 spiro atoms. The first-order valence-electron chi connectivity index (χ1n) is 13.0. The molecule has 5 rings (SSSR count). The Balaban J connectivity index is 1.41. The molecule has 1 aromatic heterocycles. The van der Waals surface area contributed by atoms with E-state index in [1.165, 1.54) is 18.2 Å². The average Bonchev–Trinajstić information content (AvgIpc) is 3.39. The van der Waals surface area contributed by atoms with Gasteiger partial charge in [0.1, 0.15) is 17.3 Å². The summed E-state index contributed by atoms with van der Waals surface area (Å²) >= 11 is 1.42. The maximum Gasteiger partial charge on any atom is 0.233 e. The second-order valence-electron chi connectivity index (χ2n) is 9.24. The Morgan fingerprint density at radius 2 is 1.56 bits per heavy atom. The van der Waals surface area contributed by atoms with Gasteiger partial charge in [-0.3, -0.25) is 9.36 Å². The summed E-state index contributed by atoms with van der Waals surface area (Å²) in [4.78, 5) is 14.8. The number of methoxy groups -OCH3 is 2. The van der Waals surface area contributed by atoms with Gasteiger partial charge in [0.05, 0.1) is 20.0 Å². The van der Waals surface area contributed by atoms with Gasteiger partial charge >= 0.3 is 0 Å². The van der Waals surface area contributed by atoms with E-state index in [2.05, 4.69) is 10.2 Å². The molecule has 0 radical (unpaired) electrons. The monoisotopic (exact) mass is 544 g/mol. The van der Waals surface area contributed by atoms with Crippen LogP contribution in [-0.2, 0) is 11.2 Å². The highest BCUT2D eigenvalue weighted by Crippen LogP contribution is 2.30. The molecule has 0 unspecified atom stereocenters. The summed E-state index contributed by atoms with van der Waals surface area (Å²) in [5, 5.41) is 9.69. The van der Waals surface area contributed by atoms with Gasteiger partial charge < -0.3 is 19.1 Å². The maximum absolute atomic E-state index is 12.9. The number of ether oxygens (including phenoxy) is 3. The molecule has 0 aliphatic carbocycles. The van der Waals surface area contributed by atoms with Crippen LogP contribution < -0.4 is 14.2 Å². The zero-order chi connectivity index (χ0) is 27.0. The van der Waals surface area contributed by atoms with E-state index in [-0.39, 0.29) is 5.91 Å². The number of thioether (sulfide) groups is 1. The molecule has 8 nitrogen and oxygen atoms in total. The zero-order valence-corrected chi connectivity index (χ0v) is 23.0. The highest BCUT2D eigenvalue weighted by Gasteiger charge is 2.20. The molecule has 0 bridgehead atoms. The van der Waals surface area contributed by atoms with Crippen molar-refractivity contribution < 1.29 is 19.0 Å². The van der Waals surface area contributed by atoms with Crippen LogP contribution in [0, 0.1) is 0 Å². The minimum Gasteiger partial charge on any atom is -0.493 e. The average molecular weight is 545 g/mol. The van der Waals surface area contributed by atoms with Crippen LogP contribution in [0.3, 0.4) is 0 Å². The number of amides is 1. The van der Waals surface area contributed by atoms with Crippen molar-refractivity contribution in [2.45, 2.75) is 30.8 Å². The molecule has 3 aromatic carbocycles. The predicted octanol–water partition coefficient (Wildman–Crippen LogP) is 5.77. The van der Waals surface area contributed by atoms with Crippen molar-refractivity contribution in [3.8, 4) is 28.7 Å². The molecule has 1 aliphatic rings. The number of likely N-dealkylation sites (tertiary alicyclic amines) is 1. The van der Waals surface area contributed by atoms with Gasteiger partial charge in [-0.05, 0) is 73.4 Å². The van der Waals surface area contributed by atoms with Gasteiger partial charge in [0, 0.05) is 25.2 Å². The fourth-order valence-corrected chi connectivity index (χ4v) is 5.46. The molecule has 1 aliphatic heterocycles. The third-order valence-electron chi connectivity index (χ3n) is 6.62. The van der Waals surface area contributed by atoms with Crippen LogP contribution in [0.4, 0.5) is 0 Å². The van der Waals surface area contributed by atoms with E-state index in [0.717, 1.165) is 54.5 Å². The number of rotatable bonds is 10. The minimum absolute atomic E-state index is 0.141. The fraction of sp³-hybridized carbons (Fsp3) is 0.300. The first kappa shape index (κ1) is 26.6. The number of carbonyl (C=O) groups excluding carboxylic acids is 1. The Kier molecular flexibility index (Phi) is 8.68. The minimum atomic E-state index is 0.141. The summed E-state index contributed by atoms with van der Waals surface area (Å²) in [6.45, 7) is 1.67. The van der Waals surface area contributed by atoms with Gasteiger partial charge in [0.2, 0.25) is 5.91 Å². The lowest BCUT2D eigenvalue weighted by Crippen LogP contribution is -2.36. The lowest BCUT2D eigenvalue weighted by atomic mass is 10.1. The van der Waals surface area contributed by atoms with Gasteiger partial charge in [-0.2, -0.15) is 0 Å². The van der Waals surface area contributed by atoms with Crippen molar-refractivity contribution in [3.63, 3.8) is 0 Å². The lowest BCUT2D eigenvalue weighted by molar-refractivity contribution is -0.129. The van der Waals surface area contributed by atoms with Crippen LogP contribution in [0.5, 0.6) is 23.0 Å². The van der Waals surface area contributed by atoms with Gasteiger partial charge in [-0.25, -0.2) is 0 Å². The molecule has 0 saturated carbocycles. The fourth-order valence-electron chi connectivity index (χ4n) is 4.59. The number of hydrogen-bond donors (Lipinski definition) is 0. The lowest BCUT2D eigenvalue weighted by Gasteiger charge is -2.26. The maximum atomic E-state index is 12.9. The van der Waals surface area contributed by atoms with Crippen LogP contribution in [0.15, 0.2) is 78.0 Å². The van der Waals surface area contributed by atoms with Crippen molar-refractivity contribution in [3.05, 3.63) is 84.2 Å². The van der Waals surface area contributed by atoms with Crippen molar-refractivity contribution in [1.29, 1.82) is 0 Å². The topological polar surface area (TPSA) is 78.7 Å². The Labute approximate surface area is 232 Å². The van der Waals surface area contributed by atoms with Crippen LogP contribution in [0.2, 0.25) is 0 Å². The van der Waals surface area contributed by atoms with Crippen molar-refractivity contribution in [2.24, 2.45) is 0 Å². The van der Waals surface area contributed by atoms with E-state index in [0.29, 0.717) is 28.8 Å². The molecule has 39 heavy (non-hydrogen) atoms. The molecule has 1 amide bonds. The first-order valence-corrected chi connectivity index (χ1v) is 14.0. The number of aromatic nitrogens is 3. The quantitative estimate of drug-likeness (QED) is 0.235. The molecule has 0 N–H and O–H groups in total. The Bertz CT molecular complexity index is 1390. The molecule has 4 aromatic rings. The highest BCUT2D eigenvalue weighted by molar-refractivity contribution is 7.99. The van der Waals surface area contributed by atoms with Gasteiger partial charge in [0.15, 0.2) is 16.7 Å². The molecular formula is C30H32N4O4S. The predicted molar refractivity (Wildman–Crippen MR) is 151 cm³/mol. The molecular weight excluding hydrogens is 512 g/mol. The largest absolute Gasteiger partial charge is 0.493 e. The molecule has 9 heteroatoms. The summed E-state index contributed by atoms with van der Waals surface area (Å²) < 4.78 is 18.9. The van der Waals surface area contributed by atoms with E-state index < -0.39 is 0 Å². The number of carbonyl (C=O) groups is 1. The number of benzene rings is 3. The molecule has 1 saturated heterocycles. The Morgan fingerprint density at radius 1 is 0.846 bits per heavy atom. The van der Waals surface area contributed by atoms with E-state index >= 15 is 0 Å². The van der Waals surface area contributed by atoms with Gasteiger partial charge in [-0.1, -0.05) is 36.0 Å². The molecule has 0 atom stereocenters. The third kappa shape index (κ3) is 6.54. The number of piperidine rings is 1. The molecule has 2 heterocycles. The zero-order valence-electron chi connectivity index (χ0n) is 22.2. The summed E-state index contributed by atoms with van der Waals surface area (Å²) in [5.74, 6) is 4.05. The van der Waals surface area contributed by atoms with E-state index in [1.54, 1.807) is 14.2 Å². The van der Waals surface area contributed by atoms with E-state index in [9.17, 15) is 4.79 Å². The standard InChI is InChI=1S/C30H32N4O4S/c1-36-26-16-11-22(19-27(26)37-2)20-28-31-32-30(39-21-29(35)33-17-7-4-8-18-33)34(28)23-12-14-25(15-13-23)38-24-9-5-3-6-10-24/h3,5-6,9-16,19H,4,7-8,17-18,20-21H2,1-2H3. The van der Waals surface area contributed by atoms with Gasteiger partial charge in [0.25, 0.3) is 0 Å². The number of hydrogen-bond acceptors (Lipinski definition) is 7. The SMILES string of the molecule is COc1ccc(Cc2nnc(SCC(=O)N3CCCCC3)n2-c2ccc(Oc3ccccc3)cc2)cc1OC. The number of nitrogens with zero attached hydrogens (tertiary/aromatic N) is 4. The van der Waals surface area contributed by atoms with E-state index in [1.807, 2.05) is 82.3 Å². The Hall–Kier alpha value is -3.98. The molecule has 202 valence electrons. The number of para-hydroxylation sites is 1. The van der Waals surface area contributed by atoms with Crippen LogP contribution in [-0.4, -0.2) is 58.6 Å². The van der Waals surface area contributed by atoms with Crippen molar-refractivity contribution in [1.82, 2.24) is 19.7 Å². The smallest absolute Gasteiger partial charge is 0.233 e. The Morgan fingerprint density at radius 3 is 2.28 bits per heavy atom. The summed E-state index contributed by atoms with van der Waals surface area (Å²) in [7, 11) is 3.24. The molecule has 1 fully saturated rings. The van der Waals surface area contributed by atoms with Crippen molar-refractivity contribution in [2.75, 3.05) is 33.1 Å². The second-order valence-corrected chi connectivity index (χ2v) is 10.2. The highest BCUT2D eigenvalue weighted by atomic mass is 32.2. The summed E-state index contributed by atoms with van der Waals surface area (Å²) in [6, 6.07) is 23.3. The summed E-state index contributed by atoms with van der Waals surface area (Å²) in [5.41, 5.74) is 1.90. The van der Waals surface area contributed by atoms with Crippen LogP contribution in [0.1, 0.15) is 30.7 Å². The normalized spacial score (nSPS) is 13.2. The first-order chi connectivity index (χ1) is 19.1. The van der Waals surface area contributed by atoms with Gasteiger partial charge in [-0.15, -0.1) is 10.2 Å². The van der Waals surface area contributed by atoms with Crippen LogP contribution in [0.25, 0.3) is 5.69 Å². The van der Waals surface area contributed by atoms with E-state index in [4.69, 9.17) is 14.2 Å². The summed E-state index contributed by atoms with van der Waals surface area (Å²) in [6.07, 6.45) is 3.85.